The van der Waals surface area contributed by atoms with Gasteiger partial charge in [-0.15, -0.1) is 24.8 Å². The lowest BCUT2D eigenvalue weighted by molar-refractivity contribution is 0.692. The standard InChI is InChI=1S/C12H18N2.2ClH/c1-9-6-10(8-13)7-12(14-9)11-4-2-3-5-11;;/h6-7,11H,2-5,8,13H2,1H3;2*1H. The van der Waals surface area contributed by atoms with E-state index >= 15 is 0 Å². The molecule has 1 saturated carbocycles. The zero-order valence-electron chi connectivity index (χ0n) is 9.61. The zero-order valence-corrected chi connectivity index (χ0v) is 11.2. The molecule has 0 aromatic carbocycles. The third kappa shape index (κ3) is 3.62. The van der Waals surface area contributed by atoms with Crippen molar-refractivity contribution in [2.24, 2.45) is 5.73 Å². The van der Waals surface area contributed by atoms with E-state index in [1.165, 1.54) is 36.9 Å². The van der Waals surface area contributed by atoms with E-state index in [4.69, 9.17) is 5.73 Å². The van der Waals surface area contributed by atoms with E-state index in [0.717, 1.165) is 5.69 Å². The Labute approximate surface area is 110 Å². The molecule has 1 fully saturated rings. The summed E-state index contributed by atoms with van der Waals surface area (Å²) in [5.74, 6) is 0.695. The number of hydrogen-bond acceptors (Lipinski definition) is 2. The summed E-state index contributed by atoms with van der Waals surface area (Å²) in [7, 11) is 0. The van der Waals surface area contributed by atoms with E-state index in [1.54, 1.807) is 0 Å². The average molecular weight is 263 g/mol. The molecule has 0 saturated heterocycles. The van der Waals surface area contributed by atoms with Crippen molar-refractivity contribution in [2.75, 3.05) is 0 Å². The molecule has 1 aliphatic carbocycles. The Morgan fingerprint density at radius 3 is 2.44 bits per heavy atom. The quantitative estimate of drug-likeness (QED) is 0.888. The van der Waals surface area contributed by atoms with Gasteiger partial charge >= 0.3 is 0 Å². The van der Waals surface area contributed by atoms with Gasteiger partial charge in [0.05, 0.1) is 0 Å². The maximum Gasteiger partial charge on any atom is 0.0440 e. The van der Waals surface area contributed by atoms with Gasteiger partial charge in [-0.3, -0.25) is 4.98 Å². The fraction of sp³-hybridized carbons (Fsp3) is 0.583. The van der Waals surface area contributed by atoms with Crippen LogP contribution in [0.4, 0.5) is 0 Å². The summed E-state index contributed by atoms with van der Waals surface area (Å²) in [5, 5.41) is 0. The van der Waals surface area contributed by atoms with Crippen LogP contribution in [0, 0.1) is 6.92 Å². The second-order valence-electron chi connectivity index (χ2n) is 4.23. The molecule has 16 heavy (non-hydrogen) atoms. The minimum Gasteiger partial charge on any atom is -0.326 e. The molecule has 0 aliphatic heterocycles. The highest BCUT2D eigenvalue weighted by molar-refractivity contribution is 5.85. The Morgan fingerprint density at radius 1 is 1.25 bits per heavy atom. The first-order chi connectivity index (χ1) is 6.79. The molecule has 4 heteroatoms. The summed E-state index contributed by atoms with van der Waals surface area (Å²) < 4.78 is 0. The second kappa shape index (κ2) is 7.10. The molecule has 1 aromatic rings. The molecule has 1 aromatic heterocycles. The molecule has 0 amide bonds. The smallest absolute Gasteiger partial charge is 0.0440 e. The number of nitrogens with two attached hydrogens (primary N) is 1. The highest BCUT2D eigenvalue weighted by Gasteiger charge is 2.18. The molecular weight excluding hydrogens is 243 g/mol. The Hall–Kier alpha value is -0.310. The van der Waals surface area contributed by atoms with E-state index in [0.29, 0.717) is 12.5 Å². The highest BCUT2D eigenvalue weighted by atomic mass is 35.5. The van der Waals surface area contributed by atoms with E-state index < -0.39 is 0 Å². The van der Waals surface area contributed by atoms with Crippen molar-refractivity contribution in [3.05, 3.63) is 29.1 Å². The van der Waals surface area contributed by atoms with Crippen LogP contribution < -0.4 is 5.73 Å². The SMILES string of the molecule is Cc1cc(CN)cc(C2CCCC2)n1.Cl.Cl. The van der Waals surface area contributed by atoms with Gasteiger partial charge in [-0.1, -0.05) is 12.8 Å². The average Bonchev–Trinajstić information content (AvgIpc) is 2.69. The molecule has 2 nitrogen and oxygen atoms in total. The summed E-state index contributed by atoms with van der Waals surface area (Å²) in [5.41, 5.74) is 9.25. The van der Waals surface area contributed by atoms with Gasteiger partial charge < -0.3 is 5.73 Å². The Bertz CT molecular complexity index is 323. The molecule has 92 valence electrons. The van der Waals surface area contributed by atoms with Crippen LogP contribution in [0.25, 0.3) is 0 Å². The minimum absolute atomic E-state index is 0. The number of aryl methyl sites for hydroxylation is 1. The van der Waals surface area contributed by atoms with Gasteiger partial charge in [-0.25, -0.2) is 0 Å². The molecule has 0 spiro atoms. The first kappa shape index (κ1) is 15.7. The molecule has 2 N–H and O–H groups in total. The normalized spacial score (nSPS) is 15.4. The number of aromatic nitrogens is 1. The fourth-order valence-electron chi connectivity index (χ4n) is 2.32. The second-order valence-corrected chi connectivity index (χ2v) is 4.23. The van der Waals surface area contributed by atoms with Crippen LogP contribution in [0.15, 0.2) is 12.1 Å². The van der Waals surface area contributed by atoms with Gasteiger partial charge in [0, 0.05) is 23.9 Å². The lowest BCUT2D eigenvalue weighted by Crippen LogP contribution is -2.03. The molecule has 1 aliphatic rings. The first-order valence-electron chi connectivity index (χ1n) is 5.47. The third-order valence-corrected chi connectivity index (χ3v) is 3.04. The van der Waals surface area contributed by atoms with E-state index in [-0.39, 0.29) is 24.8 Å². The van der Waals surface area contributed by atoms with Crippen LogP contribution in [0.1, 0.15) is 48.6 Å². The van der Waals surface area contributed by atoms with Crippen LogP contribution in [0.5, 0.6) is 0 Å². The van der Waals surface area contributed by atoms with Gasteiger partial charge in [0.1, 0.15) is 0 Å². The highest BCUT2D eigenvalue weighted by Crippen LogP contribution is 2.33. The van der Waals surface area contributed by atoms with E-state index in [1.807, 2.05) is 0 Å². The number of hydrogen-bond donors (Lipinski definition) is 1. The van der Waals surface area contributed by atoms with Crippen LogP contribution in [-0.2, 0) is 6.54 Å². The third-order valence-electron chi connectivity index (χ3n) is 3.04. The van der Waals surface area contributed by atoms with Crippen LogP contribution >= 0.6 is 24.8 Å². The Balaban J connectivity index is 0.00000112. The van der Waals surface area contributed by atoms with Crippen molar-refractivity contribution < 1.29 is 0 Å². The van der Waals surface area contributed by atoms with E-state index in [9.17, 15) is 0 Å². The summed E-state index contributed by atoms with van der Waals surface area (Å²) in [4.78, 5) is 4.61. The number of nitrogens with zero attached hydrogens (tertiary/aromatic N) is 1. The molecule has 0 radical (unpaired) electrons. The summed E-state index contributed by atoms with van der Waals surface area (Å²) in [6, 6.07) is 4.27. The predicted octanol–water partition coefficient (Wildman–Crippen LogP) is 3.35. The molecule has 0 bridgehead atoms. The van der Waals surface area contributed by atoms with Crippen molar-refractivity contribution in [3.8, 4) is 0 Å². The van der Waals surface area contributed by atoms with Gasteiger partial charge in [0.25, 0.3) is 0 Å². The number of rotatable bonds is 2. The number of pyridine rings is 1. The lowest BCUT2D eigenvalue weighted by Gasteiger charge is -2.10. The maximum atomic E-state index is 5.66. The molecule has 2 rings (SSSR count). The van der Waals surface area contributed by atoms with Gasteiger partial charge in [0.2, 0.25) is 0 Å². The minimum atomic E-state index is 0. The van der Waals surface area contributed by atoms with Gasteiger partial charge in [-0.05, 0) is 37.5 Å². The molecule has 0 atom stereocenters. The monoisotopic (exact) mass is 262 g/mol. The Kier molecular flexibility index (Phi) is 6.96. The van der Waals surface area contributed by atoms with Crippen molar-refractivity contribution in [1.82, 2.24) is 4.98 Å². The topological polar surface area (TPSA) is 38.9 Å². The van der Waals surface area contributed by atoms with Crippen LogP contribution in [0.2, 0.25) is 0 Å². The number of halogens is 2. The van der Waals surface area contributed by atoms with Crippen molar-refractivity contribution >= 4 is 24.8 Å². The summed E-state index contributed by atoms with van der Waals surface area (Å²) in [6.45, 7) is 2.68. The van der Waals surface area contributed by atoms with E-state index in [2.05, 4.69) is 24.0 Å². The Morgan fingerprint density at radius 2 is 1.88 bits per heavy atom. The summed E-state index contributed by atoms with van der Waals surface area (Å²) >= 11 is 0. The van der Waals surface area contributed by atoms with Gasteiger partial charge in [-0.2, -0.15) is 0 Å². The van der Waals surface area contributed by atoms with Crippen LogP contribution in [-0.4, -0.2) is 4.98 Å². The van der Waals surface area contributed by atoms with Crippen molar-refractivity contribution in [1.29, 1.82) is 0 Å². The zero-order chi connectivity index (χ0) is 9.97. The molecular formula is C12H20Cl2N2. The lowest BCUT2D eigenvalue weighted by atomic mass is 10.0. The predicted molar refractivity (Wildman–Crippen MR) is 72.6 cm³/mol. The van der Waals surface area contributed by atoms with Crippen molar-refractivity contribution in [3.63, 3.8) is 0 Å². The maximum absolute atomic E-state index is 5.66. The van der Waals surface area contributed by atoms with Crippen molar-refractivity contribution in [2.45, 2.75) is 45.1 Å². The van der Waals surface area contributed by atoms with Crippen LogP contribution in [0.3, 0.4) is 0 Å². The molecule has 1 heterocycles. The molecule has 0 unspecified atom stereocenters. The van der Waals surface area contributed by atoms with Gasteiger partial charge in [0.15, 0.2) is 0 Å². The fourth-order valence-corrected chi connectivity index (χ4v) is 2.32. The first-order valence-corrected chi connectivity index (χ1v) is 5.47. The summed E-state index contributed by atoms with van der Waals surface area (Å²) in [6.07, 6.45) is 5.33. The largest absolute Gasteiger partial charge is 0.326 e.